The van der Waals surface area contributed by atoms with Crippen molar-refractivity contribution in [1.29, 1.82) is 0 Å². The lowest BCUT2D eigenvalue weighted by Gasteiger charge is -2.27. The Hall–Kier alpha value is -1.81. The summed E-state index contributed by atoms with van der Waals surface area (Å²) in [6.07, 6.45) is 1.60. The van der Waals surface area contributed by atoms with Gasteiger partial charge in [-0.1, -0.05) is 0 Å². The Morgan fingerprint density at radius 3 is 2.76 bits per heavy atom. The minimum Gasteiger partial charge on any atom is -0.485 e. The third kappa shape index (κ3) is 2.03. The van der Waals surface area contributed by atoms with Crippen molar-refractivity contribution < 1.29 is 18.3 Å². The van der Waals surface area contributed by atoms with E-state index in [2.05, 4.69) is 0 Å². The van der Waals surface area contributed by atoms with E-state index in [-0.39, 0.29) is 11.9 Å². The van der Waals surface area contributed by atoms with E-state index >= 15 is 0 Å². The highest BCUT2D eigenvalue weighted by atomic mass is 19.1. The number of ether oxygens (including phenoxy) is 2. The highest BCUT2D eigenvalue weighted by Crippen LogP contribution is 2.32. The van der Waals surface area contributed by atoms with Gasteiger partial charge in [0, 0.05) is 0 Å². The molecule has 1 aromatic carbocycles. The first-order valence-corrected chi connectivity index (χ1v) is 5.41. The average Bonchev–Trinajstić information content (AvgIpc) is 2.78. The lowest BCUT2D eigenvalue weighted by Crippen LogP contribution is -2.38. The molecule has 0 spiro atoms. The lowest BCUT2D eigenvalue weighted by atomic mass is 10.1. The molecule has 0 radical (unpaired) electrons. The van der Waals surface area contributed by atoms with Crippen molar-refractivity contribution >= 4 is 0 Å². The fourth-order valence-electron chi connectivity index (χ4n) is 1.69. The number of hydrogen-bond acceptors (Lipinski definition) is 3. The minimum absolute atomic E-state index is 0.0502. The average molecular weight is 234 g/mol. The fourth-order valence-corrected chi connectivity index (χ4v) is 1.69. The maximum atomic E-state index is 13.3. The van der Waals surface area contributed by atoms with Gasteiger partial charge in [-0.2, -0.15) is 0 Å². The van der Waals surface area contributed by atoms with Crippen molar-refractivity contribution in [2.45, 2.75) is 6.10 Å². The topological polar surface area (TPSA) is 31.6 Å². The SMILES string of the molecule is Fc1ccc(OC2COC2)c(-c2ccco2)c1. The van der Waals surface area contributed by atoms with Gasteiger partial charge in [-0.25, -0.2) is 4.39 Å². The van der Waals surface area contributed by atoms with Crippen LogP contribution < -0.4 is 4.74 Å². The molecule has 88 valence electrons. The van der Waals surface area contributed by atoms with Crippen molar-refractivity contribution in [3.05, 3.63) is 42.4 Å². The molecule has 0 aliphatic carbocycles. The molecule has 4 heteroatoms. The highest BCUT2D eigenvalue weighted by Gasteiger charge is 2.22. The summed E-state index contributed by atoms with van der Waals surface area (Å²) in [5, 5.41) is 0. The molecule has 1 aliphatic heterocycles. The molecule has 0 bridgehead atoms. The number of furan rings is 1. The fraction of sp³-hybridized carbons (Fsp3) is 0.231. The van der Waals surface area contributed by atoms with Gasteiger partial charge < -0.3 is 13.9 Å². The molecule has 0 unspecified atom stereocenters. The first-order valence-electron chi connectivity index (χ1n) is 5.41. The van der Waals surface area contributed by atoms with Crippen LogP contribution in [0.2, 0.25) is 0 Å². The zero-order chi connectivity index (χ0) is 11.7. The molecule has 3 rings (SSSR count). The Morgan fingerprint density at radius 1 is 1.24 bits per heavy atom. The van der Waals surface area contributed by atoms with E-state index < -0.39 is 0 Å². The van der Waals surface area contributed by atoms with Crippen molar-refractivity contribution in [3.8, 4) is 17.1 Å². The Bertz CT molecular complexity index is 503. The van der Waals surface area contributed by atoms with Crippen LogP contribution in [0, 0.1) is 5.82 Å². The molecule has 1 aromatic heterocycles. The first-order chi connectivity index (χ1) is 8.33. The number of hydrogen-bond donors (Lipinski definition) is 0. The molecule has 1 saturated heterocycles. The second-order valence-electron chi connectivity index (χ2n) is 3.90. The van der Waals surface area contributed by atoms with E-state index in [9.17, 15) is 4.39 Å². The summed E-state index contributed by atoms with van der Waals surface area (Å²) in [7, 11) is 0. The molecule has 1 aliphatic rings. The van der Waals surface area contributed by atoms with Gasteiger partial charge in [-0.3, -0.25) is 0 Å². The number of halogens is 1. The molecular weight excluding hydrogens is 223 g/mol. The molecular formula is C13H11FO3. The van der Waals surface area contributed by atoms with E-state index in [1.807, 2.05) is 0 Å². The molecule has 17 heavy (non-hydrogen) atoms. The van der Waals surface area contributed by atoms with Crippen LogP contribution in [0.15, 0.2) is 41.0 Å². The standard InChI is InChI=1S/C13H11FO3/c14-9-3-4-13(17-10-7-15-8-10)11(6-9)12-2-1-5-16-12/h1-6,10H,7-8H2. The maximum Gasteiger partial charge on any atom is 0.145 e. The van der Waals surface area contributed by atoms with Gasteiger partial charge in [0.25, 0.3) is 0 Å². The van der Waals surface area contributed by atoms with E-state index in [4.69, 9.17) is 13.9 Å². The summed E-state index contributed by atoms with van der Waals surface area (Å²) in [5.41, 5.74) is 0.627. The Morgan fingerprint density at radius 2 is 2.12 bits per heavy atom. The summed E-state index contributed by atoms with van der Waals surface area (Å²) >= 11 is 0. The van der Waals surface area contributed by atoms with Gasteiger partial charge >= 0.3 is 0 Å². The van der Waals surface area contributed by atoms with Crippen molar-refractivity contribution in [1.82, 2.24) is 0 Å². The van der Waals surface area contributed by atoms with Crippen LogP contribution in [0.25, 0.3) is 11.3 Å². The summed E-state index contributed by atoms with van der Waals surface area (Å²) in [6, 6.07) is 7.94. The molecule has 0 amide bonds. The highest BCUT2D eigenvalue weighted by molar-refractivity contribution is 5.65. The smallest absolute Gasteiger partial charge is 0.145 e. The predicted octanol–water partition coefficient (Wildman–Crippen LogP) is 2.86. The van der Waals surface area contributed by atoms with Crippen LogP contribution in [-0.2, 0) is 4.74 Å². The zero-order valence-corrected chi connectivity index (χ0v) is 9.06. The maximum absolute atomic E-state index is 13.3. The monoisotopic (exact) mass is 234 g/mol. The van der Waals surface area contributed by atoms with Crippen molar-refractivity contribution in [2.24, 2.45) is 0 Å². The van der Waals surface area contributed by atoms with E-state index in [1.54, 1.807) is 24.5 Å². The second kappa shape index (κ2) is 4.22. The van der Waals surface area contributed by atoms with Crippen LogP contribution in [-0.4, -0.2) is 19.3 Å². The Labute approximate surface area is 97.8 Å². The molecule has 1 fully saturated rings. The van der Waals surface area contributed by atoms with E-state index in [0.29, 0.717) is 30.3 Å². The van der Waals surface area contributed by atoms with Crippen molar-refractivity contribution in [2.75, 3.05) is 13.2 Å². The van der Waals surface area contributed by atoms with Gasteiger partial charge in [0.1, 0.15) is 23.4 Å². The third-order valence-corrected chi connectivity index (χ3v) is 2.63. The van der Waals surface area contributed by atoms with Crippen LogP contribution in [0.5, 0.6) is 5.75 Å². The summed E-state index contributed by atoms with van der Waals surface area (Å²) < 4.78 is 29.3. The van der Waals surface area contributed by atoms with Crippen LogP contribution in [0.4, 0.5) is 4.39 Å². The van der Waals surface area contributed by atoms with Crippen LogP contribution in [0.1, 0.15) is 0 Å². The van der Waals surface area contributed by atoms with Gasteiger partial charge in [0.05, 0.1) is 25.0 Å². The van der Waals surface area contributed by atoms with E-state index in [0.717, 1.165) is 0 Å². The first kappa shape index (κ1) is 10.4. The van der Waals surface area contributed by atoms with Gasteiger partial charge in [-0.05, 0) is 30.3 Å². The molecule has 2 heterocycles. The third-order valence-electron chi connectivity index (χ3n) is 2.63. The van der Waals surface area contributed by atoms with Crippen LogP contribution >= 0.6 is 0 Å². The molecule has 3 nitrogen and oxygen atoms in total. The second-order valence-corrected chi connectivity index (χ2v) is 3.90. The van der Waals surface area contributed by atoms with Gasteiger partial charge in [0.2, 0.25) is 0 Å². The lowest BCUT2D eigenvalue weighted by molar-refractivity contribution is -0.0795. The van der Waals surface area contributed by atoms with Crippen LogP contribution in [0.3, 0.4) is 0 Å². The molecule has 0 N–H and O–H groups in total. The normalized spacial score (nSPS) is 15.6. The van der Waals surface area contributed by atoms with Gasteiger partial charge in [-0.15, -0.1) is 0 Å². The largest absolute Gasteiger partial charge is 0.485 e. The predicted molar refractivity (Wildman–Crippen MR) is 59.3 cm³/mol. The number of rotatable bonds is 3. The van der Waals surface area contributed by atoms with Crippen molar-refractivity contribution in [3.63, 3.8) is 0 Å². The number of benzene rings is 1. The quantitative estimate of drug-likeness (QED) is 0.818. The molecule has 0 saturated carbocycles. The minimum atomic E-state index is -0.311. The molecule has 0 atom stereocenters. The Kier molecular flexibility index (Phi) is 2.57. The summed E-state index contributed by atoms with van der Waals surface area (Å²) in [5.74, 6) is 0.906. The summed E-state index contributed by atoms with van der Waals surface area (Å²) in [4.78, 5) is 0. The van der Waals surface area contributed by atoms with E-state index in [1.165, 1.54) is 12.1 Å². The van der Waals surface area contributed by atoms with Gasteiger partial charge in [0.15, 0.2) is 0 Å². The summed E-state index contributed by atoms with van der Waals surface area (Å²) in [6.45, 7) is 1.16. The Balaban J connectivity index is 1.95. The molecule has 2 aromatic rings. The zero-order valence-electron chi connectivity index (χ0n) is 9.06.